The van der Waals surface area contributed by atoms with E-state index in [-0.39, 0.29) is 0 Å². The molecule has 1 aromatic rings. The summed E-state index contributed by atoms with van der Waals surface area (Å²) < 4.78 is 0. The topological polar surface area (TPSA) is 0 Å². The van der Waals surface area contributed by atoms with Gasteiger partial charge in [-0.1, -0.05) is 51.0 Å². The molecule has 0 atom stereocenters. The van der Waals surface area contributed by atoms with Crippen molar-refractivity contribution in [2.75, 3.05) is 0 Å². The van der Waals surface area contributed by atoms with Crippen LogP contribution >= 0.6 is 0 Å². The van der Waals surface area contributed by atoms with Crippen molar-refractivity contribution >= 4 is 0 Å². The zero-order valence-corrected chi connectivity index (χ0v) is 10.7. The van der Waals surface area contributed by atoms with Crippen LogP contribution in [0.15, 0.2) is 24.3 Å². The monoisotopic (exact) mass is 216 g/mol. The molecule has 0 heterocycles. The first-order chi connectivity index (χ1) is 7.78. The Morgan fingerprint density at radius 3 is 2.06 bits per heavy atom. The average molecular weight is 216 g/mol. The largest absolute Gasteiger partial charge is 0.0625 e. The van der Waals surface area contributed by atoms with Crippen molar-refractivity contribution in [1.29, 1.82) is 0 Å². The summed E-state index contributed by atoms with van der Waals surface area (Å²) in [6, 6.07) is 9.25. The van der Waals surface area contributed by atoms with Crippen LogP contribution in [-0.4, -0.2) is 0 Å². The van der Waals surface area contributed by atoms with Gasteiger partial charge in [0.15, 0.2) is 0 Å². The van der Waals surface area contributed by atoms with Crippen molar-refractivity contribution in [2.45, 2.75) is 52.4 Å². The molecule has 0 N–H and O–H groups in total. The van der Waals surface area contributed by atoms with Crippen molar-refractivity contribution in [3.05, 3.63) is 35.4 Å². The van der Waals surface area contributed by atoms with Gasteiger partial charge in [-0.15, -0.1) is 0 Å². The van der Waals surface area contributed by atoms with E-state index in [1.165, 1.54) is 43.2 Å². The minimum Gasteiger partial charge on any atom is -0.0625 e. The molecule has 0 aromatic heterocycles. The highest BCUT2D eigenvalue weighted by Crippen LogP contribution is 2.30. The van der Waals surface area contributed by atoms with Crippen LogP contribution in [0.25, 0.3) is 0 Å². The Hall–Kier alpha value is -0.780. The Bertz CT molecular complexity index is 301. The third-order valence-electron chi connectivity index (χ3n) is 4.09. The number of aryl methyl sites for hydroxylation is 1. The summed E-state index contributed by atoms with van der Waals surface area (Å²) in [5, 5.41) is 0. The maximum atomic E-state index is 2.40. The summed E-state index contributed by atoms with van der Waals surface area (Å²) in [6.45, 7) is 4.61. The van der Waals surface area contributed by atoms with Crippen LogP contribution in [-0.2, 0) is 12.8 Å². The lowest BCUT2D eigenvalue weighted by molar-refractivity contribution is 0.289. The number of benzene rings is 1. The Balaban J connectivity index is 1.88. The summed E-state index contributed by atoms with van der Waals surface area (Å²) in [5.74, 6) is 1.92. The zero-order valence-electron chi connectivity index (χ0n) is 10.7. The van der Waals surface area contributed by atoms with Gasteiger partial charge in [0, 0.05) is 0 Å². The van der Waals surface area contributed by atoms with Gasteiger partial charge in [0.05, 0.1) is 0 Å². The second kappa shape index (κ2) is 5.52. The Morgan fingerprint density at radius 1 is 0.938 bits per heavy atom. The lowest BCUT2D eigenvalue weighted by Crippen LogP contribution is -2.14. The van der Waals surface area contributed by atoms with Gasteiger partial charge in [-0.3, -0.25) is 0 Å². The minimum atomic E-state index is 0.948. The van der Waals surface area contributed by atoms with E-state index in [1.807, 2.05) is 0 Å². The van der Waals surface area contributed by atoms with Crippen LogP contribution in [0.2, 0.25) is 0 Å². The van der Waals surface area contributed by atoms with E-state index >= 15 is 0 Å². The van der Waals surface area contributed by atoms with Gasteiger partial charge in [-0.2, -0.15) is 0 Å². The molecule has 1 aliphatic rings. The van der Waals surface area contributed by atoms with Crippen molar-refractivity contribution in [3.8, 4) is 0 Å². The number of hydrogen-bond donors (Lipinski definition) is 0. The third kappa shape index (κ3) is 3.10. The SMILES string of the molecule is CCc1ccc(CC2CCC(C)CC2)cc1. The first-order valence-corrected chi connectivity index (χ1v) is 6.85. The molecule has 88 valence electrons. The van der Waals surface area contributed by atoms with E-state index in [2.05, 4.69) is 38.1 Å². The molecule has 0 nitrogen and oxygen atoms in total. The fraction of sp³-hybridized carbons (Fsp3) is 0.625. The van der Waals surface area contributed by atoms with Crippen LogP contribution < -0.4 is 0 Å². The molecule has 0 radical (unpaired) electrons. The van der Waals surface area contributed by atoms with Crippen molar-refractivity contribution in [1.82, 2.24) is 0 Å². The third-order valence-corrected chi connectivity index (χ3v) is 4.09. The van der Waals surface area contributed by atoms with Gasteiger partial charge in [0.2, 0.25) is 0 Å². The van der Waals surface area contributed by atoms with E-state index in [0.29, 0.717) is 0 Å². The highest BCUT2D eigenvalue weighted by atomic mass is 14.2. The van der Waals surface area contributed by atoms with Crippen molar-refractivity contribution in [3.63, 3.8) is 0 Å². The summed E-state index contributed by atoms with van der Waals surface area (Å²) in [5.41, 5.74) is 3.00. The zero-order chi connectivity index (χ0) is 11.4. The van der Waals surface area contributed by atoms with Gasteiger partial charge >= 0.3 is 0 Å². The first kappa shape index (κ1) is 11.7. The summed E-state index contributed by atoms with van der Waals surface area (Å²) in [6.07, 6.45) is 8.22. The molecule has 1 saturated carbocycles. The smallest absolute Gasteiger partial charge is 0.0250 e. The molecule has 0 bridgehead atoms. The van der Waals surface area contributed by atoms with E-state index in [4.69, 9.17) is 0 Å². The van der Waals surface area contributed by atoms with Gasteiger partial charge in [-0.25, -0.2) is 0 Å². The van der Waals surface area contributed by atoms with Gasteiger partial charge < -0.3 is 0 Å². The molecular weight excluding hydrogens is 192 g/mol. The minimum absolute atomic E-state index is 0.948. The summed E-state index contributed by atoms with van der Waals surface area (Å²) in [4.78, 5) is 0. The molecule has 16 heavy (non-hydrogen) atoms. The predicted molar refractivity (Wildman–Crippen MR) is 70.6 cm³/mol. The van der Waals surface area contributed by atoms with E-state index in [0.717, 1.165) is 18.3 Å². The fourth-order valence-corrected chi connectivity index (χ4v) is 2.78. The van der Waals surface area contributed by atoms with E-state index in [9.17, 15) is 0 Å². The molecule has 1 aliphatic carbocycles. The second-order valence-corrected chi connectivity index (χ2v) is 5.50. The van der Waals surface area contributed by atoms with Gasteiger partial charge in [-0.05, 0) is 48.6 Å². The molecule has 2 rings (SSSR count). The number of rotatable bonds is 3. The maximum absolute atomic E-state index is 2.40. The fourth-order valence-electron chi connectivity index (χ4n) is 2.78. The first-order valence-electron chi connectivity index (χ1n) is 6.85. The predicted octanol–water partition coefficient (Wildman–Crippen LogP) is 4.62. The van der Waals surface area contributed by atoms with Crippen molar-refractivity contribution < 1.29 is 0 Å². The Kier molecular flexibility index (Phi) is 4.04. The Morgan fingerprint density at radius 2 is 1.50 bits per heavy atom. The van der Waals surface area contributed by atoms with Crippen molar-refractivity contribution in [2.24, 2.45) is 11.8 Å². The molecule has 1 aromatic carbocycles. The lowest BCUT2D eigenvalue weighted by Gasteiger charge is -2.26. The van der Waals surface area contributed by atoms with Crippen LogP contribution in [0.5, 0.6) is 0 Å². The normalized spacial score (nSPS) is 25.6. The van der Waals surface area contributed by atoms with Gasteiger partial charge in [0.25, 0.3) is 0 Å². The van der Waals surface area contributed by atoms with E-state index < -0.39 is 0 Å². The average Bonchev–Trinajstić information content (AvgIpc) is 2.33. The quantitative estimate of drug-likeness (QED) is 0.691. The molecule has 0 heteroatoms. The Labute approximate surface area is 100 Å². The highest BCUT2D eigenvalue weighted by molar-refractivity contribution is 5.22. The number of hydrogen-bond acceptors (Lipinski definition) is 0. The molecule has 0 spiro atoms. The standard InChI is InChI=1S/C16H24/c1-3-14-8-10-16(11-9-14)12-15-6-4-13(2)5-7-15/h8-11,13,15H,3-7,12H2,1-2H3. The molecule has 0 unspecified atom stereocenters. The van der Waals surface area contributed by atoms with Crippen LogP contribution in [0.4, 0.5) is 0 Å². The van der Waals surface area contributed by atoms with Crippen LogP contribution in [0.1, 0.15) is 50.7 Å². The van der Waals surface area contributed by atoms with Crippen LogP contribution in [0, 0.1) is 11.8 Å². The molecule has 0 saturated heterocycles. The molecule has 0 amide bonds. The van der Waals surface area contributed by atoms with Crippen LogP contribution in [0.3, 0.4) is 0 Å². The lowest BCUT2D eigenvalue weighted by atomic mass is 9.80. The summed E-state index contributed by atoms with van der Waals surface area (Å²) in [7, 11) is 0. The summed E-state index contributed by atoms with van der Waals surface area (Å²) >= 11 is 0. The maximum Gasteiger partial charge on any atom is -0.0250 e. The molecule has 1 fully saturated rings. The molecule has 0 aliphatic heterocycles. The second-order valence-electron chi connectivity index (χ2n) is 5.50. The van der Waals surface area contributed by atoms with Gasteiger partial charge in [0.1, 0.15) is 0 Å². The highest BCUT2D eigenvalue weighted by Gasteiger charge is 2.18. The molecular formula is C16H24. The van der Waals surface area contributed by atoms with E-state index in [1.54, 1.807) is 0 Å².